The molecule has 0 unspecified atom stereocenters. The zero-order valence-corrected chi connectivity index (χ0v) is 18.7. The molecule has 0 aliphatic heterocycles. The van der Waals surface area contributed by atoms with Crippen molar-refractivity contribution in [2.45, 2.75) is 10.6 Å². The molecule has 4 aromatic rings. The number of anilines is 2. The lowest BCUT2D eigenvalue weighted by atomic mass is 10.1. The van der Waals surface area contributed by atoms with Gasteiger partial charge in [-0.05, 0) is 54.6 Å². The van der Waals surface area contributed by atoms with Gasteiger partial charge in [0, 0.05) is 27.5 Å². The van der Waals surface area contributed by atoms with E-state index in [1.54, 1.807) is 61.3 Å². The fourth-order valence-corrected chi connectivity index (χ4v) is 4.06. The number of benzene rings is 3. The topological polar surface area (TPSA) is 80.6 Å². The Labute approximate surface area is 196 Å². The second-order valence-corrected chi connectivity index (χ2v) is 8.11. The largest absolute Gasteiger partial charge is 0.495 e. The summed E-state index contributed by atoms with van der Waals surface area (Å²) in [4.78, 5) is 26.4. The van der Waals surface area contributed by atoms with Crippen molar-refractivity contribution >= 4 is 35.0 Å². The molecule has 0 saturated heterocycles. The molecule has 1 aromatic heterocycles. The Kier molecular flexibility index (Phi) is 7.12. The number of nitrogens with one attached hydrogen (secondary N) is 2. The maximum atomic E-state index is 12.7. The molecule has 0 saturated carbocycles. The standard InChI is InChI=1S/C26H22N2O4S/c1-31-23-10-6-5-9-22(23)28-25(29)18-11-13-20(14-12-18)27-26(30)24-19(15-16-32-24)17-33-21-7-3-2-4-8-21/h2-16H,17H2,1H3,(H,27,30)(H,28,29). The molecule has 6 nitrogen and oxygen atoms in total. The second kappa shape index (κ2) is 10.6. The van der Waals surface area contributed by atoms with Crippen molar-refractivity contribution < 1.29 is 18.7 Å². The van der Waals surface area contributed by atoms with Crippen molar-refractivity contribution in [1.29, 1.82) is 0 Å². The van der Waals surface area contributed by atoms with Crippen LogP contribution in [0.25, 0.3) is 0 Å². The third-order valence-electron chi connectivity index (χ3n) is 4.85. The van der Waals surface area contributed by atoms with Gasteiger partial charge in [0.25, 0.3) is 11.8 Å². The first-order chi connectivity index (χ1) is 16.1. The maximum absolute atomic E-state index is 12.7. The minimum atomic E-state index is -0.338. The molecule has 0 aliphatic rings. The molecular weight excluding hydrogens is 436 g/mol. The molecule has 0 fully saturated rings. The summed E-state index contributed by atoms with van der Waals surface area (Å²) in [5.74, 6) is 0.857. The van der Waals surface area contributed by atoms with E-state index in [-0.39, 0.29) is 17.6 Å². The van der Waals surface area contributed by atoms with E-state index in [1.165, 1.54) is 6.26 Å². The Balaban J connectivity index is 1.38. The van der Waals surface area contributed by atoms with Gasteiger partial charge in [-0.15, -0.1) is 11.8 Å². The average Bonchev–Trinajstić information content (AvgIpc) is 3.33. The Morgan fingerprint density at radius 2 is 1.58 bits per heavy atom. The summed E-state index contributed by atoms with van der Waals surface area (Å²) in [6.45, 7) is 0. The number of ether oxygens (including phenoxy) is 1. The zero-order chi connectivity index (χ0) is 23.0. The molecule has 0 aliphatic carbocycles. The number of furan rings is 1. The summed E-state index contributed by atoms with van der Waals surface area (Å²) < 4.78 is 10.7. The van der Waals surface area contributed by atoms with E-state index < -0.39 is 0 Å². The molecule has 166 valence electrons. The molecule has 7 heteroatoms. The van der Waals surface area contributed by atoms with Gasteiger partial charge in [-0.2, -0.15) is 0 Å². The minimum absolute atomic E-state index is 0.274. The van der Waals surface area contributed by atoms with Gasteiger partial charge in [-0.1, -0.05) is 30.3 Å². The maximum Gasteiger partial charge on any atom is 0.291 e. The summed E-state index contributed by atoms with van der Waals surface area (Å²) in [7, 11) is 1.55. The van der Waals surface area contributed by atoms with Crippen molar-refractivity contribution in [3.63, 3.8) is 0 Å². The van der Waals surface area contributed by atoms with Crippen LogP contribution in [0.15, 0.2) is 101 Å². The summed E-state index contributed by atoms with van der Waals surface area (Å²) in [6, 6.07) is 25.6. The Morgan fingerprint density at radius 1 is 0.848 bits per heavy atom. The number of amides is 2. The summed E-state index contributed by atoms with van der Waals surface area (Å²) in [5.41, 5.74) is 2.42. The number of thioether (sulfide) groups is 1. The van der Waals surface area contributed by atoms with Gasteiger partial charge in [0.15, 0.2) is 5.76 Å². The van der Waals surface area contributed by atoms with Crippen LogP contribution < -0.4 is 15.4 Å². The van der Waals surface area contributed by atoms with Gasteiger partial charge >= 0.3 is 0 Å². The Bertz CT molecular complexity index is 1240. The number of hydrogen-bond donors (Lipinski definition) is 2. The van der Waals surface area contributed by atoms with Gasteiger partial charge in [-0.25, -0.2) is 0 Å². The number of para-hydroxylation sites is 2. The molecule has 3 aromatic carbocycles. The van der Waals surface area contributed by atoms with E-state index in [2.05, 4.69) is 10.6 Å². The van der Waals surface area contributed by atoms with Crippen molar-refractivity contribution in [2.75, 3.05) is 17.7 Å². The van der Waals surface area contributed by atoms with Gasteiger partial charge in [0.2, 0.25) is 0 Å². The number of carbonyl (C=O) groups excluding carboxylic acids is 2. The summed E-state index contributed by atoms with van der Waals surface area (Å²) >= 11 is 1.63. The van der Waals surface area contributed by atoms with E-state index >= 15 is 0 Å². The van der Waals surface area contributed by atoms with Gasteiger partial charge in [0.1, 0.15) is 5.75 Å². The lowest BCUT2D eigenvalue weighted by molar-refractivity contribution is 0.0994. The number of methoxy groups -OCH3 is 1. The number of hydrogen-bond acceptors (Lipinski definition) is 5. The first kappa shape index (κ1) is 22.2. The fourth-order valence-electron chi connectivity index (χ4n) is 3.16. The minimum Gasteiger partial charge on any atom is -0.495 e. The second-order valence-electron chi connectivity index (χ2n) is 7.06. The van der Waals surface area contributed by atoms with Crippen molar-refractivity contribution in [3.05, 3.63) is 108 Å². The molecule has 1 heterocycles. The highest BCUT2D eigenvalue weighted by atomic mass is 32.2. The average molecular weight is 459 g/mol. The van der Waals surface area contributed by atoms with Crippen LogP contribution in [0.2, 0.25) is 0 Å². The van der Waals surface area contributed by atoms with Crippen molar-refractivity contribution in [2.24, 2.45) is 0 Å². The first-order valence-corrected chi connectivity index (χ1v) is 11.2. The van der Waals surface area contributed by atoms with Gasteiger partial charge < -0.3 is 19.8 Å². The molecule has 33 heavy (non-hydrogen) atoms. The predicted octanol–water partition coefficient (Wildman–Crippen LogP) is 6.09. The molecule has 0 bridgehead atoms. The normalized spacial score (nSPS) is 10.5. The lowest BCUT2D eigenvalue weighted by Gasteiger charge is -2.10. The highest BCUT2D eigenvalue weighted by molar-refractivity contribution is 7.98. The zero-order valence-electron chi connectivity index (χ0n) is 17.9. The third-order valence-corrected chi connectivity index (χ3v) is 5.91. The van der Waals surface area contributed by atoms with Crippen LogP contribution in [0, 0.1) is 0 Å². The van der Waals surface area contributed by atoms with E-state index in [4.69, 9.17) is 9.15 Å². The number of rotatable bonds is 8. The monoisotopic (exact) mass is 458 g/mol. The fraction of sp³-hybridized carbons (Fsp3) is 0.0769. The highest BCUT2D eigenvalue weighted by Crippen LogP contribution is 2.26. The summed E-state index contributed by atoms with van der Waals surface area (Å²) in [6.07, 6.45) is 1.51. The molecular formula is C26H22N2O4S. The number of carbonyl (C=O) groups is 2. The third kappa shape index (κ3) is 5.64. The van der Waals surface area contributed by atoms with Crippen LogP contribution in [0.4, 0.5) is 11.4 Å². The van der Waals surface area contributed by atoms with Crippen LogP contribution in [0.3, 0.4) is 0 Å². The lowest BCUT2D eigenvalue weighted by Crippen LogP contribution is -2.14. The SMILES string of the molecule is COc1ccccc1NC(=O)c1ccc(NC(=O)c2occc2CSc2ccccc2)cc1. The molecule has 2 N–H and O–H groups in total. The smallest absolute Gasteiger partial charge is 0.291 e. The van der Waals surface area contributed by atoms with Gasteiger partial charge in [-0.3, -0.25) is 9.59 Å². The molecule has 2 amide bonds. The predicted molar refractivity (Wildman–Crippen MR) is 130 cm³/mol. The van der Waals surface area contributed by atoms with Crippen LogP contribution in [0.1, 0.15) is 26.5 Å². The van der Waals surface area contributed by atoms with Crippen molar-refractivity contribution in [1.82, 2.24) is 0 Å². The first-order valence-electron chi connectivity index (χ1n) is 10.2. The summed E-state index contributed by atoms with van der Waals surface area (Å²) in [5, 5.41) is 5.65. The molecule has 0 radical (unpaired) electrons. The van der Waals surface area contributed by atoms with Crippen molar-refractivity contribution in [3.8, 4) is 5.75 Å². The highest BCUT2D eigenvalue weighted by Gasteiger charge is 2.16. The molecule has 0 spiro atoms. The Hall–Kier alpha value is -3.97. The van der Waals surface area contributed by atoms with E-state index in [0.29, 0.717) is 28.4 Å². The van der Waals surface area contributed by atoms with Gasteiger partial charge in [0.05, 0.1) is 19.1 Å². The van der Waals surface area contributed by atoms with E-state index in [9.17, 15) is 9.59 Å². The van der Waals surface area contributed by atoms with Crippen LogP contribution in [0.5, 0.6) is 5.75 Å². The van der Waals surface area contributed by atoms with Crippen LogP contribution in [-0.2, 0) is 5.75 Å². The van der Waals surface area contributed by atoms with E-state index in [1.807, 2.05) is 42.5 Å². The van der Waals surface area contributed by atoms with E-state index in [0.717, 1.165) is 10.5 Å². The Morgan fingerprint density at radius 3 is 2.33 bits per heavy atom. The van der Waals surface area contributed by atoms with Crippen LogP contribution in [-0.4, -0.2) is 18.9 Å². The molecule has 4 rings (SSSR count). The quantitative estimate of drug-likeness (QED) is 0.313. The molecule has 0 atom stereocenters. The van der Waals surface area contributed by atoms with Crippen LogP contribution >= 0.6 is 11.8 Å².